The maximum absolute atomic E-state index is 12.7. The van der Waals surface area contributed by atoms with Gasteiger partial charge in [0, 0.05) is 11.6 Å². The van der Waals surface area contributed by atoms with E-state index >= 15 is 0 Å². The molecule has 1 saturated carbocycles. The lowest BCUT2D eigenvalue weighted by molar-refractivity contribution is -0.123. The van der Waals surface area contributed by atoms with Crippen molar-refractivity contribution >= 4 is 17.6 Å². The van der Waals surface area contributed by atoms with Crippen LogP contribution in [0.4, 0.5) is 5.69 Å². The Kier molecular flexibility index (Phi) is 6.41. The molecule has 0 heterocycles. The molecule has 0 spiro atoms. The molecule has 0 bridgehead atoms. The van der Waals surface area contributed by atoms with Crippen molar-refractivity contribution in [2.24, 2.45) is 23.7 Å². The van der Waals surface area contributed by atoms with Gasteiger partial charge in [-0.05, 0) is 61.8 Å². The fourth-order valence-corrected chi connectivity index (χ4v) is 3.64. The number of amides is 1. The summed E-state index contributed by atoms with van der Waals surface area (Å²) in [4.78, 5) is 24.4. The van der Waals surface area contributed by atoms with Crippen LogP contribution >= 0.6 is 0 Å². The molecule has 132 valence electrons. The van der Waals surface area contributed by atoms with Crippen molar-refractivity contribution in [1.82, 2.24) is 0 Å². The van der Waals surface area contributed by atoms with E-state index in [4.69, 9.17) is 4.74 Å². The average molecular weight is 331 g/mol. The zero-order valence-corrected chi connectivity index (χ0v) is 15.2. The first kappa shape index (κ1) is 18.5. The van der Waals surface area contributed by atoms with Crippen LogP contribution in [-0.4, -0.2) is 18.5 Å². The van der Waals surface area contributed by atoms with Gasteiger partial charge in [-0.15, -0.1) is 0 Å². The van der Waals surface area contributed by atoms with Crippen molar-refractivity contribution in [1.29, 1.82) is 0 Å². The van der Waals surface area contributed by atoms with Crippen LogP contribution in [0.3, 0.4) is 0 Å². The Bertz CT molecular complexity index is 565. The van der Waals surface area contributed by atoms with Crippen LogP contribution in [0.2, 0.25) is 0 Å². The highest BCUT2D eigenvalue weighted by Crippen LogP contribution is 2.38. The van der Waals surface area contributed by atoms with Crippen LogP contribution in [0.15, 0.2) is 24.3 Å². The van der Waals surface area contributed by atoms with Crippen molar-refractivity contribution in [2.45, 2.75) is 47.0 Å². The van der Waals surface area contributed by atoms with E-state index in [2.05, 4.69) is 26.1 Å². The maximum Gasteiger partial charge on any atom is 0.338 e. The monoisotopic (exact) mass is 331 g/mol. The van der Waals surface area contributed by atoms with Gasteiger partial charge < -0.3 is 10.1 Å². The summed E-state index contributed by atoms with van der Waals surface area (Å²) in [6.45, 7) is 8.77. The molecule has 3 atom stereocenters. The molecule has 1 fully saturated rings. The zero-order chi connectivity index (χ0) is 17.7. The molecular formula is C20H29NO3. The molecule has 1 aliphatic rings. The molecule has 1 aromatic rings. The molecule has 1 amide bonds. The Morgan fingerprint density at radius 1 is 1.21 bits per heavy atom. The Hall–Kier alpha value is -1.84. The minimum Gasteiger partial charge on any atom is -0.462 e. The minimum atomic E-state index is -0.337. The standard InChI is InChI=1S/C20H29NO3/c1-5-24-20(23)15-7-9-16(10-8-15)21-19(22)18-12-14(4)6-11-17(18)13(2)3/h7-10,13-14,17-18H,5-6,11-12H2,1-4H3,(H,21,22). The summed E-state index contributed by atoms with van der Waals surface area (Å²) in [6, 6.07) is 6.91. The smallest absolute Gasteiger partial charge is 0.338 e. The van der Waals surface area contributed by atoms with Gasteiger partial charge in [-0.25, -0.2) is 4.79 Å². The molecule has 24 heavy (non-hydrogen) atoms. The number of rotatable bonds is 5. The van der Waals surface area contributed by atoms with Gasteiger partial charge in [-0.3, -0.25) is 4.79 Å². The number of esters is 1. The van der Waals surface area contributed by atoms with Crippen molar-refractivity contribution in [3.63, 3.8) is 0 Å². The van der Waals surface area contributed by atoms with E-state index in [1.54, 1.807) is 31.2 Å². The average Bonchev–Trinajstić information content (AvgIpc) is 2.55. The first-order chi connectivity index (χ1) is 11.4. The van der Waals surface area contributed by atoms with Crippen LogP contribution in [0.1, 0.15) is 57.3 Å². The van der Waals surface area contributed by atoms with E-state index < -0.39 is 0 Å². The third-order valence-corrected chi connectivity index (χ3v) is 5.02. The van der Waals surface area contributed by atoms with Crippen LogP contribution < -0.4 is 5.32 Å². The Morgan fingerprint density at radius 3 is 2.46 bits per heavy atom. The van der Waals surface area contributed by atoms with E-state index in [-0.39, 0.29) is 17.8 Å². The topological polar surface area (TPSA) is 55.4 Å². The summed E-state index contributed by atoms with van der Waals surface area (Å²) in [7, 11) is 0. The number of hydrogen-bond donors (Lipinski definition) is 1. The maximum atomic E-state index is 12.7. The summed E-state index contributed by atoms with van der Waals surface area (Å²) in [5.74, 6) is 1.39. The Balaban J connectivity index is 2.03. The number of hydrogen-bond acceptors (Lipinski definition) is 3. The number of nitrogens with one attached hydrogen (secondary N) is 1. The van der Waals surface area contributed by atoms with Crippen LogP contribution in [0.5, 0.6) is 0 Å². The van der Waals surface area contributed by atoms with Gasteiger partial charge in [0.15, 0.2) is 0 Å². The van der Waals surface area contributed by atoms with Crippen molar-refractivity contribution in [3.05, 3.63) is 29.8 Å². The molecule has 0 aromatic heterocycles. The fraction of sp³-hybridized carbons (Fsp3) is 0.600. The van der Waals surface area contributed by atoms with Gasteiger partial charge in [-0.2, -0.15) is 0 Å². The normalized spacial score (nSPS) is 23.8. The summed E-state index contributed by atoms with van der Waals surface area (Å²) >= 11 is 0. The molecule has 0 saturated heterocycles. The third-order valence-electron chi connectivity index (χ3n) is 5.02. The number of carbonyl (C=O) groups is 2. The molecule has 4 heteroatoms. The van der Waals surface area contributed by atoms with Crippen molar-refractivity contribution < 1.29 is 14.3 Å². The predicted molar refractivity (Wildman–Crippen MR) is 95.9 cm³/mol. The highest BCUT2D eigenvalue weighted by molar-refractivity contribution is 5.94. The van der Waals surface area contributed by atoms with Gasteiger partial charge in [-0.1, -0.05) is 27.2 Å². The predicted octanol–water partition coefficient (Wildman–Crippen LogP) is 4.51. The third kappa shape index (κ3) is 4.59. The number of benzene rings is 1. The number of carbonyl (C=O) groups excluding carboxylic acids is 2. The molecule has 0 radical (unpaired) electrons. The van der Waals surface area contributed by atoms with E-state index in [1.165, 1.54) is 6.42 Å². The summed E-state index contributed by atoms with van der Waals surface area (Å²) in [5, 5.41) is 3.02. The van der Waals surface area contributed by atoms with Gasteiger partial charge in [0.25, 0.3) is 0 Å². The molecule has 3 unspecified atom stereocenters. The lowest BCUT2D eigenvalue weighted by Crippen LogP contribution is -2.36. The largest absolute Gasteiger partial charge is 0.462 e. The van der Waals surface area contributed by atoms with Crippen LogP contribution in [0, 0.1) is 23.7 Å². The molecule has 1 N–H and O–H groups in total. The summed E-state index contributed by atoms with van der Waals surface area (Å²) < 4.78 is 4.97. The van der Waals surface area contributed by atoms with Gasteiger partial charge in [0.05, 0.1) is 12.2 Å². The number of anilines is 1. The number of ether oxygens (including phenoxy) is 1. The van der Waals surface area contributed by atoms with Crippen molar-refractivity contribution in [2.75, 3.05) is 11.9 Å². The second-order valence-corrected chi connectivity index (χ2v) is 7.22. The first-order valence-corrected chi connectivity index (χ1v) is 9.00. The first-order valence-electron chi connectivity index (χ1n) is 9.00. The second-order valence-electron chi connectivity index (χ2n) is 7.22. The highest BCUT2D eigenvalue weighted by atomic mass is 16.5. The Labute approximate surface area is 145 Å². The molecule has 2 rings (SSSR count). The lowest BCUT2D eigenvalue weighted by atomic mass is 9.70. The zero-order valence-electron chi connectivity index (χ0n) is 15.2. The summed E-state index contributed by atoms with van der Waals surface area (Å²) in [5.41, 5.74) is 1.23. The van der Waals surface area contributed by atoms with Crippen molar-refractivity contribution in [3.8, 4) is 0 Å². The fourth-order valence-electron chi connectivity index (χ4n) is 3.64. The van der Waals surface area contributed by atoms with Crippen LogP contribution in [0.25, 0.3) is 0 Å². The quantitative estimate of drug-likeness (QED) is 0.808. The van der Waals surface area contributed by atoms with Gasteiger partial charge >= 0.3 is 5.97 Å². The SMILES string of the molecule is CCOC(=O)c1ccc(NC(=O)C2CC(C)CCC2C(C)C)cc1. The second kappa shape index (κ2) is 8.32. The molecule has 4 nitrogen and oxygen atoms in total. The van der Waals surface area contributed by atoms with Gasteiger partial charge in [0.2, 0.25) is 5.91 Å². The Morgan fingerprint density at radius 2 is 1.88 bits per heavy atom. The molecule has 0 aliphatic heterocycles. The molecule has 1 aromatic carbocycles. The van der Waals surface area contributed by atoms with E-state index in [0.717, 1.165) is 18.5 Å². The van der Waals surface area contributed by atoms with E-state index in [9.17, 15) is 9.59 Å². The van der Waals surface area contributed by atoms with Gasteiger partial charge in [0.1, 0.15) is 0 Å². The lowest BCUT2D eigenvalue weighted by Gasteiger charge is -2.36. The van der Waals surface area contributed by atoms with E-state index in [0.29, 0.717) is 29.9 Å². The highest BCUT2D eigenvalue weighted by Gasteiger charge is 2.35. The molecular weight excluding hydrogens is 302 g/mol. The van der Waals surface area contributed by atoms with Crippen LogP contribution in [-0.2, 0) is 9.53 Å². The van der Waals surface area contributed by atoms with E-state index in [1.807, 2.05) is 0 Å². The molecule has 1 aliphatic carbocycles. The minimum absolute atomic E-state index is 0.0680. The summed E-state index contributed by atoms with van der Waals surface area (Å²) in [6.07, 6.45) is 3.29.